The van der Waals surface area contributed by atoms with E-state index in [0.717, 1.165) is 11.8 Å². The van der Waals surface area contributed by atoms with Gasteiger partial charge in [0.15, 0.2) is 0 Å². The monoisotopic (exact) mass is 387 g/mol. The van der Waals surface area contributed by atoms with E-state index in [9.17, 15) is 0 Å². The summed E-state index contributed by atoms with van der Waals surface area (Å²) in [7, 11) is 0. The van der Waals surface area contributed by atoms with E-state index in [1.165, 1.54) is 11.3 Å². The highest BCUT2D eigenvalue weighted by molar-refractivity contribution is 5.25. The van der Waals surface area contributed by atoms with Gasteiger partial charge >= 0.3 is 0 Å². The second kappa shape index (κ2) is 32.8. The van der Waals surface area contributed by atoms with Crippen molar-refractivity contribution >= 4 is 0 Å². The third-order valence-corrected chi connectivity index (χ3v) is 2.04. The Labute approximate surface area is 177 Å². The average Bonchev–Trinajstić information content (AvgIpc) is 2.50. The zero-order chi connectivity index (χ0) is 20.3. The van der Waals surface area contributed by atoms with Gasteiger partial charge in [0, 0.05) is 11.9 Å². The Morgan fingerprint density at radius 1 is 0.593 bits per heavy atom. The van der Waals surface area contributed by atoms with E-state index < -0.39 is 0 Å². The quantitative estimate of drug-likeness (QED) is 0.491. The van der Waals surface area contributed by atoms with Crippen LogP contribution in [0.15, 0.2) is 18.3 Å². The van der Waals surface area contributed by atoms with Gasteiger partial charge in [-0.1, -0.05) is 125 Å². The maximum atomic E-state index is 4.40. The second-order valence-electron chi connectivity index (χ2n) is 7.25. The van der Waals surface area contributed by atoms with E-state index in [1.54, 1.807) is 0 Å². The fraction of sp³-hybridized carbons (Fsp3) is 0.808. The number of hydrogen-bond acceptors (Lipinski definition) is 1. The van der Waals surface area contributed by atoms with Crippen molar-refractivity contribution in [3.05, 3.63) is 29.6 Å². The van der Waals surface area contributed by atoms with Crippen molar-refractivity contribution in [2.75, 3.05) is 0 Å². The molecular weight excluding hydrogens is 326 g/mol. The van der Waals surface area contributed by atoms with E-state index >= 15 is 0 Å². The first-order chi connectivity index (χ1) is 11.1. The molecule has 0 unspecified atom stereocenters. The lowest BCUT2D eigenvalue weighted by atomic mass is 9.96. The van der Waals surface area contributed by atoms with E-state index in [1.807, 2.05) is 40.0 Å². The minimum Gasteiger partial charge on any atom is -0.261 e. The van der Waals surface area contributed by atoms with Crippen molar-refractivity contribution in [3.8, 4) is 0 Å². The molecule has 1 aromatic rings. The standard InChI is InChI=1S/C11H17N.2C4H10.2C2H6.3CH4/c1-8(2)10-6-5-7-12-11(10)9(3)4;2*1-4(2)3;2*1-2;;;/h5-9H,1-4H3;2*4H,1-3H3;2*1-2H3;3*1H4. The molecule has 0 amide bonds. The van der Waals surface area contributed by atoms with Gasteiger partial charge in [-0.2, -0.15) is 0 Å². The van der Waals surface area contributed by atoms with Crippen molar-refractivity contribution < 1.29 is 0 Å². The Bertz CT molecular complexity index is 286. The van der Waals surface area contributed by atoms with E-state index in [4.69, 9.17) is 0 Å². The van der Waals surface area contributed by atoms with Crippen molar-refractivity contribution in [1.29, 1.82) is 0 Å². The van der Waals surface area contributed by atoms with Crippen LogP contribution in [0.2, 0.25) is 0 Å². The minimum atomic E-state index is 0. The van der Waals surface area contributed by atoms with Crippen LogP contribution in [0.25, 0.3) is 0 Å². The van der Waals surface area contributed by atoms with Gasteiger partial charge in [0.25, 0.3) is 0 Å². The van der Waals surface area contributed by atoms with Gasteiger partial charge in [0.05, 0.1) is 0 Å². The molecule has 0 aliphatic rings. The topological polar surface area (TPSA) is 12.9 Å². The molecule has 27 heavy (non-hydrogen) atoms. The Morgan fingerprint density at radius 3 is 1.07 bits per heavy atom. The van der Waals surface area contributed by atoms with Crippen molar-refractivity contribution in [3.63, 3.8) is 0 Å². The van der Waals surface area contributed by atoms with E-state index in [0.29, 0.717) is 11.8 Å². The molecule has 0 aliphatic carbocycles. The lowest BCUT2D eigenvalue weighted by molar-refractivity contribution is 0.736. The first-order valence-electron chi connectivity index (χ1n) is 10.0. The number of aromatic nitrogens is 1. The van der Waals surface area contributed by atoms with Gasteiger partial charge in [0.2, 0.25) is 0 Å². The third kappa shape index (κ3) is 40.9. The van der Waals surface area contributed by atoms with Crippen LogP contribution in [-0.2, 0) is 0 Å². The lowest BCUT2D eigenvalue weighted by Crippen LogP contribution is -2.00. The zero-order valence-corrected chi connectivity index (χ0v) is 19.5. The van der Waals surface area contributed by atoms with Crippen molar-refractivity contribution in [2.45, 2.75) is 131 Å². The maximum absolute atomic E-state index is 4.40. The SMILES string of the molecule is C.C.C.CC.CC.CC(C)C.CC(C)C.CC(C)c1cccnc1C(C)C. The first-order valence-corrected chi connectivity index (χ1v) is 10.0. The molecule has 0 aliphatic heterocycles. The number of hydrogen-bond donors (Lipinski definition) is 0. The number of rotatable bonds is 2. The molecule has 0 atom stereocenters. The fourth-order valence-electron chi connectivity index (χ4n) is 1.40. The molecule has 0 aromatic carbocycles. The summed E-state index contributed by atoms with van der Waals surface area (Å²) >= 11 is 0. The van der Waals surface area contributed by atoms with Crippen LogP contribution in [0.5, 0.6) is 0 Å². The summed E-state index contributed by atoms with van der Waals surface area (Å²) in [6.07, 6.45) is 1.88. The molecule has 1 heterocycles. The van der Waals surface area contributed by atoms with Gasteiger partial charge < -0.3 is 0 Å². The third-order valence-electron chi connectivity index (χ3n) is 2.04. The maximum Gasteiger partial charge on any atom is 0.0463 e. The molecule has 0 bridgehead atoms. The highest BCUT2D eigenvalue weighted by Crippen LogP contribution is 2.23. The zero-order valence-electron chi connectivity index (χ0n) is 19.5. The molecule has 0 radical (unpaired) electrons. The fourth-order valence-corrected chi connectivity index (χ4v) is 1.40. The summed E-state index contributed by atoms with van der Waals surface area (Å²) < 4.78 is 0. The molecule has 0 fully saturated rings. The summed E-state index contributed by atoms with van der Waals surface area (Å²) in [5.74, 6) is 2.78. The number of nitrogens with zero attached hydrogens (tertiary/aromatic N) is 1. The van der Waals surface area contributed by atoms with E-state index in [2.05, 4.69) is 80.3 Å². The van der Waals surface area contributed by atoms with Gasteiger partial charge in [-0.15, -0.1) is 0 Å². The molecule has 0 N–H and O–H groups in total. The van der Waals surface area contributed by atoms with Crippen molar-refractivity contribution in [2.24, 2.45) is 11.8 Å². The van der Waals surface area contributed by atoms with Crippen LogP contribution < -0.4 is 0 Å². The van der Waals surface area contributed by atoms with Gasteiger partial charge in [-0.05, 0) is 35.3 Å². The molecule has 0 saturated heterocycles. The van der Waals surface area contributed by atoms with Gasteiger partial charge in [-0.25, -0.2) is 0 Å². The molecule has 0 saturated carbocycles. The van der Waals surface area contributed by atoms with Crippen LogP contribution in [0.1, 0.15) is 142 Å². The summed E-state index contributed by atoms with van der Waals surface area (Å²) in [4.78, 5) is 4.40. The molecule has 0 spiro atoms. The molecule has 1 heteroatoms. The Balaban J connectivity index is -0.0000000456. The van der Waals surface area contributed by atoms with Crippen molar-refractivity contribution in [1.82, 2.24) is 4.98 Å². The van der Waals surface area contributed by atoms with Crippen LogP contribution in [-0.4, -0.2) is 4.98 Å². The Hall–Kier alpha value is -0.850. The highest BCUT2D eigenvalue weighted by Gasteiger charge is 2.09. The Morgan fingerprint density at radius 2 is 0.889 bits per heavy atom. The normalized spacial score (nSPS) is 8.07. The highest BCUT2D eigenvalue weighted by atomic mass is 14.7. The molecular formula is C26H61N. The summed E-state index contributed by atoms with van der Waals surface area (Å²) in [5.41, 5.74) is 2.63. The van der Waals surface area contributed by atoms with Gasteiger partial charge in [0.1, 0.15) is 0 Å². The van der Waals surface area contributed by atoms with E-state index in [-0.39, 0.29) is 22.3 Å². The van der Waals surface area contributed by atoms with Crippen LogP contribution in [0.3, 0.4) is 0 Å². The largest absolute Gasteiger partial charge is 0.261 e. The van der Waals surface area contributed by atoms with Crippen LogP contribution >= 0.6 is 0 Å². The predicted octanol–water partition coefficient (Wildman–Crippen LogP) is 10.6. The summed E-state index contributed by atoms with van der Waals surface area (Å²) in [6.45, 7) is 29.8. The van der Waals surface area contributed by atoms with Crippen LogP contribution in [0, 0.1) is 11.8 Å². The average molecular weight is 388 g/mol. The lowest BCUT2D eigenvalue weighted by Gasteiger charge is -2.13. The molecule has 1 rings (SSSR count). The number of pyridine rings is 1. The summed E-state index contributed by atoms with van der Waals surface area (Å²) in [5, 5.41) is 0. The summed E-state index contributed by atoms with van der Waals surface area (Å²) in [6, 6.07) is 4.19. The van der Waals surface area contributed by atoms with Gasteiger partial charge in [-0.3, -0.25) is 4.98 Å². The molecule has 1 nitrogen and oxygen atoms in total. The predicted molar refractivity (Wildman–Crippen MR) is 136 cm³/mol. The second-order valence-corrected chi connectivity index (χ2v) is 7.25. The Kier molecular flexibility index (Phi) is 54.8. The first kappa shape index (κ1) is 45.1. The minimum absolute atomic E-state index is 0. The smallest absolute Gasteiger partial charge is 0.0463 e. The molecule has 1 aromatic heterocycles. The van der Waals surface area contributed by atoms with Crippen LogP contribution in [0.4, 0.5) is 0 Å². The molecule has 170 valence electrons.